The molecule has 0 aliphatic rings. The Hall–Kier alpha value is -2.65. The van der Waals surface area contributed by atoms with Gasteiger partial charge >= 0.3 is 6.03 Å². The zero-order chi connectivity index (χ0) is 21.1. The number of nitrogens with one attached hydrogen (secondary N) is 4. The molecule has 0 spiro atoms. The van der Waals surface area contributed by atoms with Gasteiger partial charge in [-0.2, -0.15) is 0 Å². The number of aliphatic hydroxyl groups is 1. The van der Waals surface area contributed by atoms with Crippen LogP contribution >= 0.6 is 0 Å². The topological polar surface area (TPSA) is 146 Å². The van der Waals surface area contributed by atoms with E-state index in [9.17, 15) is 14.4 Å². The molecule has 0 heterocycles. The number of carbonyl (C=O) groups excluding carboxylic acids is 3. The third kappa shape index (κ3) is 7.93. The second-order valence-corrected chi connectivity index (χ2v) is 6.85. The average molecular weight is 393 g/mol. The lowest BCUT2D eigenvalue weighted by Gasteiger charge is -2.24. The van der Waals surface area contributed by atoms with Crippen LogP contribution < -0.4 is 27.0 Å². The minimum absolute atomic E-state index is 0.0521. The first-order valence-corrected chi connectivity index (χ1v) is 9.30. The van der Waals surface area contributed by atoms with Crippen LogP contribution in [0.5, 0.6) is 0 Å². The third-order valence-electron chi connectivity index (χ3n) is 4.27. The average Bonchev–Trinajstić information content (AvgIpc) is 2.64. The van der Waals surface area contributed by atoms with Crippen LogP contribution in [0, 0.1) is 5.92 Å². The van der Waals surface area contributed by atoms with Crippen LogP contribution in [0.1, 0.15) is 32.3 Å². The van der Waals surface area contributed by atoms with E-state index in [2.05, 4.69) is 21.3 Å². The number of likely N-dealkylation sites (N-methyl/N-ethyl adjacent to an activating group) is 1. The first-order chi connectivity index (χ1) is 13.3. The van der Waals surface area contributed by atoms with Gasteiger partial charge in [-0.25, -0.2) is 4.79 Å². The van der Waals surface area contributed by atoms with Gasteiger partial charge in [0, 0.05) is 12.2 Å². The van der Waals surface area contributed by atoms with E-state index in [0.717, 1.165) is 5.56 Å². The summed E-state index contributed by atoms with van der Waals surface area (Å²) in [4.78, 5) is 36.0. The molecule has 0 aromatic heterocycles. The highest BCUT2D eigenvalue weighted by atomic mass is 16.3. The number of anilines is 1. The van der Waals surface area contributed by atoms with E-state index in [4.69, 9.17) is 10.8 Å². The van der Waals surface area contributed by atoms with E-state index in [1.54, 1.807) is 31.3 Å². The van der Waals surface area contributed by atoms with Gasteiger partial charge < -0.3 is 32.1 Å². The Labute approximate surface area is 165 Å². The summed E-state index contributed by atoms with van der Waals surface area (Å²) < 4.78 is 0. The molecule has 0 fully saturated rings. The second kappa shape index (κ2) is 11.9. The van der Waals surface area contributed by atoms with Gasteiger partial charge in [0.05, 0.1) is 12.6 Å². The molecular formula is C19H31N5O4. The molecule has 2 atom stereocenters. The first kappa shape index (κ1) is 23.4. The molecule has 0 saturated heterocycles. The van der Waals surface area contributed by atoms with E-state index >= 15 is 0 Å². The lowest BCUT2D eigenvalue weighted by molar-refractivity contribution is -0.128. The van der Waals surface area contributed by atoms with E-state index in [1.807, 2.05) is 13.8 Å². The maximum Gasteiger partial charge on any atom is 0.312 e. The molecule has 1 rings (SSSR count). The van der Waals surface area contributed by atoms with Crippen molar-refractivity contribution in [1.82, 2.24) is 16.0 Å². The lowest BCUT2D eigenvalue weighted by atomic mass is 10.0. The Morgan fingerprint density at radius 2 is 1.75 bits per heavy atom. The molecule has 1 aromatic rings. The van der Waals surface area contributed by atoms with Crippen molar-refractivity contribution in [2.75, 3.05) is 18.9 Å². The van der Waals surface area contributed by atoms with E-state index in [-0.39, 0.29) is 24.3 Å². The van der Waals surface area contributed by atoms with Crippen molar-refractivity contribution in [3.8, 4) is 0 Å². The smallest absolute Gasteiger partial charge is 0.312 e. The number of urea groups is 1. The van der Waals surface area contributed by atoms with Gasteiger partial charge in [-0.3, -0.25) is 9.59 Å². The normalized spacial score (nSPS) is 12.9. The van der Waals surface area contributed by atoms with Crippen LogP contribution in [0.15, 0.2) is 24.3 Å². The van der Waals surface area contributed by atoms with Crippen LogP contribution in [-0.2, 0) is 16.2 Å². The van der Waals surface area contributed by atoms with Gasteiger partial charge in [0.25, 0.3) is 0 Å². The van der Waals surface area contributed by atoms with Crippen LogP contribution in [0.2, 0.25) is 0 Å². The predicted octanol–water partition coefficient (Wildman–Crippen LogP) is 0.295. The van der Waals surface area contributed by atoms with Crippen molar-refractivity contribution >= 4 is 23.5 Å². The van der Waals surface area contributed by atoms with E-state index < -0.39 is 18.1 Å². The highest BCUT2D eigenvalue weighted by molar-refractivity contribution is 5.97. The number of amides is 4. The first-order valence-electron chi connectivity index (χ1n) is 9.30. The second-order valence-electron chi connectivity index (χ2n) is 6.85. The third-order valence-corrected chi connectivity index (χ3v) is 4.27. The fraction of sp³-hybridized carbons (Fsp3) is 0.526. The Bertz CT molecular complexity index is 648. The quantitative estimate of drug-likeness (QED) is 0.299. The number of primary amides is 1. The van der Waals surface area contributed by atoms with E-state index in [1.165, 1.54) is 0 Å². The SMILES string of the molecule is CNC(C(=O)NC(CCCNC(N)=O)C(=O)Nc1ccc(CO)cc1)C(C)C. The summed E-state index contributed by atoms with van der Waals surface area (Å²) in [6, 6.07) is 4.94. The van der Waals surface area contributed by atoms with Gasteiger partial charge in [0.2, 0.25) is 11.8 Å². The number of hydrogen-bond donors (Lipinski definition) is 6. The van der Waals surface area contributed by atoms with Crippen molar-refractivity contribution in [1.29, 1.82) is 0 Å². The lowest BCUT2D eigenvalue weighted by Crippen LogP contribution is -2.52. The molecule has 0 aliphatic carbocycles. The fourth-order valence-corrected chi connectivity index (χ4v) is 2.74. The van der Waals surface area contributed by atoms with Gasteiger partial charge in [-0.05, 0) is 43.5 Å². The molecule has 9 heteroatoms. The summed E-state index contributed by atoms with van der Waals surface area (Å²) in [7, 11) is 1.69. The summed E-state index contributed by atoms with van der Waals surface area (Å²) in [6.07, 6.45) is 0.803. The number of rotatable bonds is 11. The number of benzene rings is 1. The van der Waals surface area contributed by atoms with Crippen molar-refractivity contribution in [2.24, 2.45) is 11.7 Å². The van der Waals surface area contributed by atoms with Crippen LogP contribution in [-0.4, -0.2) is 48.6 Å². The molecule has 4 amide bonds. The molecule has 28 heavy (non-hydrogen) atoms. The van der Waals surface area contributed by atoms with Crippen LogP contribution in [0.4, 0.5) is 10.5 Å². The summed E-state index contributed by atoms with van der Waals surface area (Å²) >= 11 is 0. The largest absolute Gasteiger partial charge is 0.392 e. The predicted molar refractivity (Wildman–Crippen MR) is 107 cm³/mol. The highest BCUT2D eigenvalue weighted by Gasteiger charge is 2.26. The maximum atomic E-state index is 12.7. The van der Waals surface area contributed by atoms with Crippen LogP contribution in [0.25, 0.3) is 0 Å². The molecule has 0 aliphatic heterocycles. The van der Waals surface area contributed by atoms with Crippen molar-refractivity contribution in [3.63, 3.8) is 0 Å². The molecule has 156 valence electrons. The maximum absolute atomic E-state index is 12.7. The van der Waals surface area contributed by atoms with Gasteiger partial charge in [-0.1, -0.05) is 26.0 Å². The fourth-order valence-electron chi connectivity index (χ4n) is 2.74. The minimum atomic E-state index is -0.769. The molecular weight excluding hydrogens is 362 g/mol. The number of hydrogen-bond acceptors (Lipinski definition) is 5. The van der Waals surface area contributed by atoms with Gasteiger partial charge in [-0.15, -0.1) is 0 Å². The Morgan fingerprint density at radius 3 is 2.25 bits per heavy atom. The molecule has 0 bridgehead atoms. The summed E-state index contributed by atoms with van der Waals surface area (Å²) in [5.41, 5.74) is 6.33. The molecule has 9 nitrogen and oxygen atoms in total. The summed E-state index contributed by atoms with van der Waals surface area (Å²) in [5, 5.41) is 20.1. The molecule has 0 radical (unpaired) electrons. The Morgan fingerprint density at radius 1 is 1.11 bits per heavy atom. The number of carbonyl (C=O) groups is 3. The molecule has 2 unspecified atom stereocenters. The monoisotopic (exact) mass is 393 g/mol. The standard InChI is InChI=1S/C19H31N5O4/c1-12(2)16(21-3)18(27)24-15(5-4-10-22-19(20)28)17(26)23-14-8-6-13(11-25)7-9-14/h6-9,12,15-16,21,25H,4-5,10-11H2,1-3H3,(H,23,26)(H,24,27)(H3,20,22,28). The number of aliphatic hydroxyl groups excluding tert-OH is 1. The van der Waals surface area contributed by atoms with Crippen molar-refractivity contribution < 1.29 is 19.5 Å². The summed E-state index contributed by atoms with van der Waals surface area (Å²) in [6.45, 7) is 4.05. The van der Waals surface area contributed by atoms with Gasteiger partial charge in [0.1, 0.15) is 6.04 Å². The van der Waals surface area contributed by atoms with Crippen molar-refractivity contribution in [3.05, 3.63) is 29.8 Å². The van der Waals surface area contributed by atoms with Crippen LogP contribution in [0.3, 0.4) is 0 Å². The molecule has 7 N–H and O–H groups in total. The molecule has 1 aromatic carbocycles. The zero-order valence-electron chi connectivity index (χ0n) is 16.6. The van der Waals surface area contributed by atoms with Crippen molar-refractivity contribution in [2.45, 2.75) is 45.4 Å². The molecule has 0 saturated carbocycles. The Balaban J connectivity index is 2.80. The van der Waals surface area contributed by atoms with Gasteiger partial charge in [0.15, 0.2) is 0 Å². The highest BCUT2D eigenvalue weighted by Crippen LogP contribution is 2.11. The number of nitrogens with two attached hydrogens (primary N) is 1. The summed E-state index contributed by atoms with van der Waals surface area (Å²) in [5.74, 6) is -0.574. The Kier molecular flexibility index (Phi) is 9.97. The van der Waals surface area contributed by atoms with E-state index in [0.29, 0.717) is 25.1 Å². The zero-order valence-corrected chi connectivity index (χ0v) is 16.6. The minimum Gasteiger partial charge on any atom is -0.392 e.